The van der Waals surface area contributed by atoms with Crippen molar-refractivity contribution in [1.29, 1.82) is 0 Å². The molecule has 16 heavy (non-hydrogen) atoms. The number of anilines is 1. The topological polar surface area (TPSA) is 55.6 Å². The van der Waals surface area contributed by atoms with E-state index < -0.39 is 0 Å². The van der Waals surface area contributed by atoms with Crippen LogP contribution >= 0.6 is 15.9 Å². The van der Waals surface area contributed by atoms with Gasteiger partial charge >= 0.3 is 0 Å². The molecule has 0 bridgehead atoms. The Hall–Kier alpha value is -1.43. The Kier molecular flexibility index (Phi) is 3.51. The molecule has 0 fully saturated rings. The van der Waals surface area contributed by atoms with Crippen LogP contribution in [0.1, 0.15) is 6.92 Å². The van der Waals surface area contributed by atoms with Crippen LogP contribution in [0.15, 0.2) is 35.7 Å². The van der Waals surface area contributed by atoms with Crippen LogP contribution in [-0.2, 0) is 6.54 Å². The fourth-order valence-electron chi connectivity index (χ4n) is 1.42. The number of hydrogen-bond donors (Lipinski definition) is 1. The molecule has 2 rings (SSSR count). The maximum atomic E-state index is 4.13. The normalized spacial score (nSPS) is 12.4. The number of aromatic nitrogens is 4. The molecular weight excluding hydrogens is 270 g/mol. The van der Waals surface area contributed by atoms with Crippen LogP contribution in [0.3, 0.4) is 0 Å². The van der Waals surface area contributed by atoms with E-state index in [4.69, 9.17) is 0 Å². The molecule has 2 heterocycles. The Labute approximate surface area is 102 Å². The van der Waals surface area contributed by atoms with Gasteiger partial charge in [0, 0.05) is 31.0 Å². The highest BCUT2D eigenvalue weighted by Crippen LogP contribution is 2.10. The molecule has 84 valence electrons. The number of rotatable bonds is 4. The van der Waals surface area contributed by atoms with E-state index in [1.165, 1.54) is 6.33 Å². The molecule has 6 heteroatoms. The van der Waals surface area contributed by atoms with Crippen LogP contribution in [0.5, 0.6) is 0 Å². The minimum atomic E-state index is 0.274. The Balaban J connectivity index is 1.94. The first kappa shape index (κ1) is 11.1. The molecule has 0 aromatic carbocycles. The van der Waals surface area contributed by atoms with Crippen LogP contribution < -0.4 is 5.32 Å². The number of imidazole rings is 1. The van der Waals surface area contributed by atoms with Gasteiger partial charge < -0.3 is 9.88 Å². The molecule has 5 nitrogen and oxygen atoms in total. The van der Waals surface area contributed by atoms with Crippen LogP contribution in [0.2, 0.25) is 0 Å². The smallest absolute Gasteiger partial charge is 0.130 e. The van der Waals surface area contributed by atoms with Crippen molar-refractivity contribution in [1.82, 2.24) is 19.5 Å². The van der Waals surface area contributed by atoms with Crippen molar-refractivity contribution in [2.24, 2.45) is 0 Å². The summed E-state index contributed by atoms with van der Waals surface area (Å²) >= 11 is 3.31. The van der Waals surface area contributed by atoms with Crippen molar-refractivity contribution in [2.75, 3.05) is 5.32 Å². The van der Waals surface area contributed by atoms with E-state index in [2.05, 4.69) is 43.1 Å². The van der Waals surface area contributed by atoms with E-state index >= 15 is 0 Å². The maximum absolute atomic E-state index is 4.13. The third-order valence-electron chi connectivity index (χ3n) is 2.07. The van der Waals surface area contributed by atoms with Crippen molar-refractivity contribution < 1.29 is 0 Å². The molecule has 0 aliphatic rings. The van der Waals surface area contributed by atoms with Crippen molar-refractivity contribution in [3.05, 3.63) is 35.7 Å². The molecule has 2 aromatic heterocycles. The second-order valence-corrected chi connectivity index (χ2v) is 4.34. The van der Waals surface area contributed by atoms with Gasteiger partial charge in [-0.1, -0.05) is 0 Å². The third kappa shape index (κ3) is 3.03. The predicted molar refractivity (Wildman–Crippen MR) is 65.0 cm³/mol. The average molecular weight is 282 g/mol. The van der Waals surface area contributed by atoms with Crippen molar-refractivity contribution in [3.8, 4) is 0 Å². The number of halogens is 1. The lowest BCUT2D eigenvalue weighted by molar-refractivity contribution is 0.617. The molecule has 2 aromatic rings. The zero-order valence-corrected chi connectivity index (χ0v) is 10.4. The summed E-state index contributed by atoms with van der Waals surface area (Å²) in [6, 6.07) is 2.13. The number of nitrogens with zero attached hydrogens (tertiary/aromatic N) is 4. The summed E-state index contributed by atoms with van der Waals surface area (Å²) in [6.07, 6.45) is 7.03. The molecular formula is C10H12BrN5. The van der Waals surface area contributed by atoms with E-state index in [0.29, 0.717) is 0 Å². The highest BCUT2D eigenvalue weighted by atomic mass is 79.9. The molecule has 0 aliphatic heterocycles. The van der Waals surface area contributed by atoms with Gasteiger partial charge in [0.2, 0.25) is 0 Å². The van der Waals surface area contributed by atoms with Gasteiger partial charge in [-0.2, -0.15) is 0 Å². The highest BCUT2D eigenvalue weighted by Gasteiger charge is 2.04. The summed E-state index contributed by atoms with van der Waals surface area (Å²) in [4.78, 5) is 12.1. The predicted octanol–water partition coefficient (Wildman–Crippen LogP) is 1.94. The average Bonchev–Trinajstić information content (AvgIpc) is 2.70. The summed E-state index contributed by atoms with van der Waals surface area (Å²) in [6.45, 7) is 2.94. The van der Waals surface area contributed by atoms with Gasteiger partial charge in [-0.3, -0.25) is 0 Å². The summed E-state index contributed by atoms with van der Waals surface area (Å²) in [5.74, 6) is 0.814. The Bertz CT molecular complexity index is 442. The van der Waals surface area contributed by atoms with Gasteiger partial charge in [0.15, 0.2) is 0 Å². The Morgan fingerprint density at radius 2 is 2.38 bits per heavy atom. The summed E-state index contributed by atoms with van der Waals surface area (Å²) in [5.41, 5.74) is 0. The maximum Gasteiger partial charge on any atom is 0.130 e. The summed E-state index contributed by atoms with van der Waals surface area (Å²) in [5, 5.41) is 3.29. The SMILES string of the molecule is CC(Cn1ccnc1)Nc1cc(Br)ncn1. The molecule has 1 atom stereocenters. The quantitative estimate of drug-likeness (QED) is 0.871. The zero-order chi connectivity index (χ0) is 11.4. The minimum absolute atomic E-state index is 0.274. The van der Waals surface area contributed by atoms with Gasteiger partial charge in [-0.25, -0.2) is 15.0 Å². The number of hydrogen-bond acceptors (Lipinski definition) is 4. The van der Waals surface area contributed by atoms with Crippen LogP contribution in [0, 0.1) is 0 Å². The van der Waals surface area contributed by atoms with E-state index in [1.54, 1.807) is 12.5 Å². The molecule has 0 saturated carbocycles. The van der Waals surface area contributed by atoms with Crippen LogP contribution in [0.25, 0.3) is 0 Å². The van der Waals surface area contributed by atoms with Crippen LogP contribution in [0.4, 0.5) is 5.82 Å². The second kappa shape index (κ2) is 5.07. The zero-order valence-electron chi connectivity index (χ0n) is 8.84. The van der Waals surface area contributed by atoms with E-state index in [9.17, 15) is 0 Å². The third-order valence-corrected chi connectivity index (χ3v) is 2.51. The monoisotopic (exact) mass is 281 g/mol. The van der Waals surface area contributed by atoms with Crippen molar-refractivity contribution in [3.63, 3.8) is 0 Å². The molecule has 0 spiro atoms. The molecule has 1 N–H and O–H groups in total. The van der Waals surface area contributed by atoms with Crippen LogP contribution in [-0.4, -0.2) is 25.6 Å². The van der Waals surface area contributed by atoms with Gasteiger partial charge in [-0.05, 0) is 22.9 Å². The van der Waals surface area contributed by atoms with E-state index in [0.717, 1.165) is 17.0 Å². The fraction of sp³-hybridized carbons (Fsp3) is 0.300. The molecule has 0 radical (unpaired) electrons. The first-order valence-corrected chi connectivity index (χ1v) is 5.73. The summed E-state index contributed by atoms with van der Waals surface area (Å²) < 4.78 is 2.80. The first-order chi connectivity index (χ1) is 7.74. The van der Waals surface area contributed by atoms with E-state index in [1.807, 2.05) is 16.8 Å². The second-order valence-electron chi connectivity index (χ2n) is 3.53. The van der Waals surface area contributed by atoms with Crippen molar-refractivity contribution >= 4 is 21.7 Å². The molecule has 0 saturated heterocycles. The van der Waals surface area contributed by atoms with E-state index in [-0.39, 0.29) is 6.04 Å². The largest absolute Gasteiger partial charge is 0.366 e. The van der Waals surface area contributed by atoms with Gasteiger partial charge in [0.1, 0.15) is 16.7 Å². The highest BCUT2D eigenvalue weighted by molar-refractivity contribution is 9.10. The van der Waals surface area contributed by atoms with Gasteiger partial charge in [0.05, 0.1) is 6.33 Å². The number of nitrogens with one attached hydrogen (secondary N) is 1. The molecule has 0 amide bonds. The molecule has 0 aliphatic carbocycles. The first-order valence-electron chi connectivity index (χ1n) is 4.94. The standard InChI is InChI=1S/C10H12BrN5/c1-8(5-16-3-2-12-7-16)15-10-4-9(11)13-6-14-10/h2-4,6-8H,5H2,1H3,(H,13,14,15). The van der Waals surface area contributed by atoms with Gasteiger partial charge in [0.25, 0.3) is 0 Å². The minimum Gasteiger partial charge on any atom is -0.366 e. The lowest BCUT2D eigenvalue weighted by Gasteiger charge is -2.14. The van der Waals surface area contributed by atoms with Crippen molar-refractivity contribution in [2.45, 2.75) is 19.5 Å². The molecule has 1 unspecified atom stereocenters. The summed E-state index contributed by atoms with van der Waals surface area (Å²) in [7, 11) is 0. The lowest BCUT2D eigenvalue weighted by atomic mass is 10.3. The Morgan fingerprint density at radius 3 is 3.06 bits per heavy atom. The fourth-order valence-corrected chi connectivity index (χ4v) is 1.73. The Morgan fingerprint density at radius 1 is 1.50 bits per heavy atom. The lowest BCUT2D eigenvalue weighted by Crippen LogP contribution is -2.21. The van der Waals surface area contributed by atoms with Gasteiger partial charge in [-0.15, -0.1) is 0 Å².